The highest BCUT2D eigenvalue weighted by atomic mass is 16.2. The molecule has 14 heavy (non-hydrogen) atoms. The molecule has 0 heterocycles. The van der Waals surface area contributed by atoms with Crippen LogP contribution in [0, 0.1) is 0 Å². The van der Waals surface area contributed by atoms with Crippen molar-refractivity contribution in [3.8, 4) is 0 Å². The smallest absolute Gasteiger partial charge is 0.254 e. The first kappa shape index (κ1) is 10.2. The topological polar surface area (TPSA) is 98.2 Å². The quantitative estimate of drug-likeness (QED) is 0.547. The number of hydrogen-bond acceptors (Lipinski definition) is 3. The predicted molar refractivity (Wildman–Crippen MR) is 51.1 cm³/mol. The van der Waals surface area contributed by atoms with Crippen molar-refractivity contribution >= 4 is 11.8 Å². The molecule has 0 aromatic heterocycles. The highest BCUT2D eigenvalue weighted by Crippen LogP contribution is 1.97. The Morgan fingerprint density at radius 2 is 1.79 bits per heavy atom. The molecule has 0 radical (unpaired) electrons. The van der Waals surface area contributed by atoms with Crippen molar-refractivity contribution in [2.75, 3.05) is 0 Å². The van der Waals surface area contributed by atoms with Gasteiger partial charge in [0.15, 0.2) is 6.17 Å². The molecule has 1 aromatic rings. The Bertz CT molecular complexity index is 337. The third kappa shape index (κ3) is 2.56. The summed E-state index contributed by atoms with van der Waals surface area (Å²) in [6, 6.07) is 8.44. The molecule has 0 saturated heterocycles. The van der Waals surface area contributed by atoms with E-state index in [1.165, 1.54) is 0 Å². The Kier molecular flexibility index (Phi) is 3.19. The molecule has 0 aliphatic rings. The SMILES string of the molecule is NC(=O)C(N)NC(=O)c1ccccc1. The van der Waals surface area contributed by atoms with Gasteiger partial charge in [-0.3, -0.25) is 9.59 Å². The van der Waals surface area contributed by atoms with E-state index in [1.54, 1.807) is 30.3 Å². The fourth-order valence-electron chi connectivity index (χ4n) is 0.885. The van der Waals surface area contributed by atoms with E-state index in [9.17, 15) is 9.59 Å². The highest BCUT2D eigenvalue weighted by molar-refractivity contribution is 5.96. The second kappa shape index (κ2) is 4.38. The molecule has 2 amide bonds. The van der Waals surface area contributed by atoms with Crippen molar-refractivity contribution in [3.63, 3.8) is 0 Å². The summed E-state index contributed by atoms with van der Waals surface area (Å²) in [7, 11) is 0. The minimum Gasteiger partial charge on any atom is -0.367 e. The van der Waals surface area contributed by atoms with Gasteiger partial charge in [0, 0.05) is 5.56 Å². The van der Waals surface area contributed by atoms with Gasteiger partial charge < -0.3 is 16.8 Å². The number of primary amides is 1. The minimum atomic E-state index is -1.15. The summed E-state index contributed by atoms with van der Waals surface area (Å²) >= 11 is 0. The Balaban J connectivity index is 2.64. The molecule has 74 valence electrons. The van der Waals surface area contributed by atoms with Crippen molar-refractivity contribution in [1.82, 2.24) is 5.32 Å². The standard InChI is InChI=1S/C9H11N3O2/c10-7(8(11)13)12-9(14)6-4-2-1-3-5-6/h1-5,7H,10H2,(H2,11,13)(H,12,14). The second-order valence-electron chi connectivity index (χ2n) is 2.72. The fraction of sp³-hybridized carbons (Fsp3) is 0.111. The molecule has 5 nitrogen and oxygen atoms in total. The lowest BCUT2D eigenvalue weighted by atomic mass is 10.2. The number of rotatable bonds is 3. The van der Waals surface area contributed by atoms with Gasteiger partial charge in [0.1, 0.15) is 0 Å². The van der Waals surface area contributed by atoms with Gasteiger partial charge in [-0.25, -0.2) is 0 Å². The van der Waals surface area contributed by atoms with Crippen LogP contribution in [0.3, 0.4) is 0 Å². The van der Waals surface area contributed by atoms with Gasteiger partial charge in [0.25, 0.3) is 11.8 Å². The summed E-state index contributed by atoms with van der Waals surface area (Å²) in [6.07, 6.45) is -1.15. The summed E-state index contributed by atoms with van der Waals surface area (Å²) < 4.78 is 0. The first-order valence-electron chi connectivity index (χ1n) is 4.02. The first-order valence-corrected chi connectivity index (χ1v) is 4.02. The summed E-state index contributed by atoms with van der Waals surface area (Å²) in [5.74, 6) is -1.19. The van der Waals surface area contributed by atoms with Gasteiger partial charge >= 0.3 is 0 Å². The third-order valence-corrected chi connectivity index (χ3v) is 1.63. The van der Waals surface area contributed by atoms with E-state index in [4.69, 9.17) is 11.5 Å². The number of hydrogen-bond donors (Lipinski definition) is 3. The number of carbonyl (C=O) groups excluding carboxylic acids is 2. The third-order valence-electron chi connectivity index (χ3n) is 1.63. The molecule has 0 aliphatic carbocycles. The van der Waals surface area contributed by atoms with Gasteiger partial charge in [-0.2, -0.15) is 0 Å². The van der Waals surface area contributed by atoms with Crippen LogP contribution < -0.4 is 16.8 Å². The van der Waals surface area contributed by atoms with Crippen molar-refractivity contribution in [2.45, 2.75) is 6.17 Å². The average molecular weight is 193 g/mol. The molecular formula is C9H11N3O2. The number of nitrogens with one attached hydrogen (secondary N) is 1. The molecule has 1 atom stereocenters. The molecule has 0 bridgehead atoms. The van der Waals surface area contributed by atoms with Gasteiger partial charge in [-0.15, -0.1) is 0 Å². The van der Waals surface area contributed by atoms with E-state index in [0.29, 0.717) is 5.56 Å². The first-order chi connectivity index (χ1) is 6.61. The maximum atomic E-state index is 11.4. The van der Waals surface area contributed by atoms with E-state index in [-0.39, 0.29) is 0 Å². The lowest BCUT2D eigenvalue weighted by Gasteiger charge is -2.09. The second-order valence-corrected chi connectivity index (χ2v) is 2.72. The van der Waals surface area contributed by atoms with Crippen LogP contribution in [0.25, 0.3) is 0 Å². The van der Waals surface area contributed by atoms with Crippen molar-refractivity contribution in [3.05, 3.63) is 35.9 Å². The maximum absolute atomic E-state index is 11.4. The molecule has 1 aromatic carbocycles. The van der Waals surface area contributed by atoms with Crippen LogP contribution in [0.5, 0.6) is 0 Å². The fourth-order valence-corrected chi connectivity index (χ4v) is 0.885. The molecule has 1 rings (SSSR count). The Morgan fingerprint density at radius 3 is 2.29 bits per heavy atom. The van der Waals surface area contributed by atoms with E-state index in [1.807, 2.05) is 0 Å². The lowest BCUT2D eigenvalue weighted by molar-refractivity contribution is -0.119. The monoisotopic (exact) mass is 193 g/mol. The number of amides is 2. The van der Waals surface area contributed by atoms with Crippen LogP contribution in [0.2, 0.25) is 0 Å². The van der Waals surface area contributed by atoms with Gasteiger partial charge in [-0.05, 0) is 12.1 Å². The summed E-state index contributed by atoms with van der Waals surface area (Å²) in [6.45, 7) is 0. The van der Waals surface area contributed by atoms with E-state index in [2.05, 4.69) is 5.32 Å². The number of carbonyl (C=O) groups is 2. The number of nitrogens with two attached hydrogens (primary N) is 2. The van der Waals surface area contributed by atoms with E-state index >= 15 is 0 Å². The average Bonchev–Trinajstić information content (AvgIpc) is 2.19. The molecule has 5 N–H and O–H groups in total. The van der Waals surface area contributed by atoms with E-state index < -0.39 is 18.0 Å². The normalized spacial score (nSPS) is 11.8. The molecule has 0 fully saturated rings. The molecular weight excluding hydrogens is 182 g/mol. The highest BCUT2D eigenvalue weighted by Gasteiger charge is 2.13. The Labute approximate surface area is 81.1 Å². The van der Waals surface area contributed by atoms with Gasteiger partial charge in [-0.1, -0.05) is 18.2 Å². The van der Waals surface area contributed by atoms with Crippen LogP contribution in [0.1, 0.15) is 10.4 Å². The van der Waals surface area contributed by atoms with Crippen LogP contribution in [0.4, 0.5) is 0 Å². The summed E-state index contributed by atoms with van der Waals surface area (Å²) in [4.78, 5) is 21.9. The molecule has 0 aliphatic heterocycles. The maximum Gasteiger partial charge on any atom is 0.254 e. The van der Waals surface area contributed by atoms with Crippen LogP contribution >= 0.6 is 0 Å². The van der Waals surface area contributed by atoms with Crippen molar-refractivity contribution in [1.29, 1.82) is 0 Å². The summed E-state index contributed by atoms with van der Waals surface area (Å²) in [5.41, 5.74) is 10.6. The van der Waals surface area contributed by atoms with Crippen LogP contribution in [-0.2, 0) is 4.79 Å². The zero-order valence-corrected chi connectivity index (χ0v) is 7.44. The van der Waals surface area contributed by atoms with E-state index in [0.717, 1.165) is 0 Å². The molecule has 0 saturated carbocycles. The Morgan fingerprint density at radius 1 is 1.21 bits per heavy atom. The van der Waals surface area contributed by atoms with Crippen LogP contribution in [-0.4, -0.2) is 18.0 Å². The van der Waals surface area contributed by atoms with Gasteiger partial charge in [0.2, 0.25) is 0 Å². The zero-order valence-electron chi connectivity index (χ0n) is 7.44. The van der Waals surface area contributed by atoms with Crippen molar-refractivity contribution in [2.24, 2.45) is 11.5 Å². The van der Waals surface area contributed by atoms with Crippen molar-refractivity contribution < 1.29 is 9.59 Å². The number of benzene rings is 1. The lowest BCUT2D eigenvalue weighted by Crippen LogP contribution is -2.50. The molecule has 1 unspecified atom stereocenters. The summed E-state index contributed by atoms with van der Waals surface area (Å²) in [5, 5.41) is 2.26. The largest absolute Gasteiger partial charge is 0.367 e. The molecule has 0 spiro atoms. The zero-order chi connectivity index (χ0) is 10.6. The van der Waals surface area contributed by atoms with Crippen LogP contribution in [0.15, 0.2) is 30.3 Å². The Hall–Kier alpha value is -1.88. The molecule has 5 heteroatoms. The van der Waals surface area contributed by atoms with Gasteiger partial charge in [0.05, 0.1) is 0 Å². The minimum absolute atomic E-state index is 0.420. The predicted octanol–water partition coefficient (Wildman–Crippen LogP) is -0.813.